The number of nitrogens with one attached hydrogen (secondary N) is 1. The van der Waals surface area contributed by atoms with Gasteiger partial charge in [-0.05, 0) is 31.2 Å². The number of carbonyl (C=O) groups excluding carboxylic acids is 3. The zero-order valence-corrected chi connectivity index (χ0v) is 15.6. The highest BCUT2D eigenvalue weighted by molar-refractivity contribution is 6.30. The number of esters is 1. The standard InChI is InChI=1S/C20H16ClN3O4/c1-11(18(25)24-20(22)27)28-19(26)15-10-17(12-6-8-13(21)9-7-12)23-16-5-3-2-4-14(15)16/h2-11H,1H3,(H3,22,24,25,27). The topological polar surface area (TPSA) is 111 Å². The van der Waals surface area contributed by atoms with E-state index >= 15 is 0 Å². The van der Waals surface area contributed by atoms with E-state index in [9.17, 15) is 14.4 Å². The number of benzene rings is 2. The van der Waals surface area contributed by atoms with Gasteiger partial charge in [-0.15, -0.1) is 0 Å². The molecule has 142 valence electrons. The maximum Gasteiger partial charge on any atom is 0.339 e. The van der Waals surface area contributed by atoms with Crippen molar-refractivity contribution in [3.05, 3.63) is 65.2 Å². The lowest BCUT2D eigenvalue weighted by Crippen LogP contribution is -2.42. The first kappa shape index (κ1) is 19.3. The number of nitrogens with two attached hydrogens (primary N) is 1. The van der Waals surface area contributed by atoms with Gasteiger partial charge in [0, 0.05) is 16.0 Å². The molecule has 0 fully saturated rings. The van der Waals surface area contributed by atoms with Gasteiger partial charge in [-0.25, -0.2) is 14.6 Å². The summed E-state index contributed by atoms with van der Waals surface area (Å²) in [4.78, 5) is 39.9. The Kier molecular flexibility index (Phi) is 5.56. The Morgan fingerprint density at radius 3 is 2.46 bits per heavy atom. The molecular formula is C20H16ClN3O4. The van der Waals surface area contributed by atoms with Gasteiger partial charge < -0.3 is 10.5 Å². The van der Waals surface area contributed by atoms with Crippen LogP contribution in [0.2, 0.25) is 5.02 Å². The Morgan fingerprint density at radius 1 is 1.11 bits per heavy atom. The Morgan fingerprint density at radius 2 is 1.79 bits per heavy atom. The van der Waals surface area contributed by atoms with Gasteiger partial charge >= 0.3 is 12.0 Å². The molecule has 0 aliphatic heterocycles. The Labute approximate surface area is 165 Å². The van der Waals surface area contributed by atoms with Gasteiger partial charge in [0.15, 0.2) is 6.10 Å². The molecule has 7 nitrogen and oxygen atoms in total. The molecule has 1 atom stereocenters. The number of amides is 3. The zero-order chi connectivity index (χ0) is 20.3. The SMILES string of the molecule is CC(OC(=O)c1cc(-c2ccc(Cl)cc2)nc2ccccc12)C(=O)NC(N)=O. The lowest BCUT2D eigenvalue weighted by atomic mass is 10.0. The minimum absolute atomic E-state index is 0.245. The van der Waals surface area contributed by atoms with E-state index in [0.29, 0.717) is 21.6 Å². The summed E-state index contributed by atoms with van der Waals surface area (Å²) < 4.78 is 5.21. The van der Waals surface area contributed by atoms with Crippen molar-refractivity contribution < 1.29 is 19.1 Å². The molecule has 1 unspecified atom stereocenters. The maximum atomic E-state index is 12.7. The molecule has 0 bridgehead atoms. The Bertz CT molecular complexity index is 1070. The number of fused-ring (bicyclic) bond motifs is 1. The highest BCUT2D eigenvalue weighted by Gasteiger charge is 2.22. The summed E-state index contributed by atoms with van der Waals surface area (Å²) in [5, 5.41) is 3.04. The molecule has 0 saturated heterocycles. The number of pyridine rings is 1. The van der Waals surface area contributed by atoms with Crippen LogP contribution < -0.4 is 11.1 Å². The number of halogens is 1. The van der Waals surface area contributed by atoms with E-state index in [0.717, 1.165) is 5.56 Å². The molecule has 0 aliphatic rings. The molecule has 0 spiro atoms. The van der Waals surface area contributed by atoms with E-state index in [1.807, 2.05) is 5.32 Å². The van der Waals surface area contributed by atoms with E-state index < -0.39 is 24.0 Å². The first-order chi connectivity index (χ1) is 13.3. The molecule has 1 heterocycles. The molecule has 3 N–H and O–H groups in total. The monoisotopic (exact) mass is 397 g/mol. The number of para-hydroxylation sites is 1. The van der Waals surface area contributed by atoms with Gasteiger partial charge in [0.1, 0.15) is 0 Å². The largest absolute Gasteiger partial charge is 0.449 e. The molecule has 1 aromatic heterocycles. The third-order valence-corrected chi connectivity index (χ3v) is 4.23. The van der Waals surface area contributed by atoms with Gasteiger partial charge in [-0.1, -0.05) is 41.9 Å². The van der Waals surface area contributed by atoms with E-state index in [1.165, 1.54) is 6.92 Å². The van der Waals surface area contributed by atoms with Crippen molar-refractivity contribution in [3.8, 4) is 11.3 Å². The normalized spacial score (nSPS) is 11.6. The van der Waals surface area contributed by atoms with E-state index in [1.54, 1.807) is 54.6 Å². The number of primary amides is 1. The molecule has 0 aliphatic carbocycles. The number of nitrogens with zero attached hydrogens (tertiary/aromatic N) is 1. The predicted molar refractivity (Wildman–Crippen MR) is 105 cm³/mol. The second-order valence-corrected chi connectivity index (χ2v) is 6.42. The second-order valence-electron chi connectivity index (χ2n) is 5.98. The number of ether oxygens (including phenoxy) is 1. The first-order valence-electron chi connectivity index (χ1n) is 8.32. The Balaban J connectivity index is 1.99. The van der Waals surface area contributed by atoms with Gasteiger partial charge in [0.2, 0.25) is 0 Å². The van der Waals surface area contributed by atoms with Crippen LogP contribution in [0.5, 0.6) is 0 Å². The van der Waals surface area contributed by atoms with E-state index in [2.05, 4.69) is 4.98 Å². The van der Waals surface area contributed by atoms with E-state index in [-0.39, 0.29) is 5.56 Å². The summed E-state index contributed by atoms with van der Waals surface area (Å²) in [6.45, 7) is 1.35. The fraction of sp³-hybridized carbons (Fsp3) is 0.100. The first-order valence-corrected chi connectivity index (χ1v) is 8.70. The van der Waals surface area contributed by atoms with Crippen molar-refractivity contribution in [1.29, 1.82) is 0 Å². The van der Waals surface area contributed by atoms with Crippen LogP contribution in [0.25, 0.3) is 22.2 Å². The summed E-state index contributed by atoms with van der Waals surface area (Å²) in [5.74, 6) is -1.53. The molecule has 8 heteroatoms. The van der Waals surface area contributed by atoms with Crippen molar-refractivity contribution >= 4 is 40.4 Å². The molecular weight excluding hydrogens is 382 g/mol. The number of carbonyl (C=O) groups is 3. The highest BCUT2D eigenvalue weighted by Crippen LogP contribution is 2.26. The molecule has 3 amide bonds. The molecule has 28 heavy (non-hydrogen) atoms. The van der Waals surface area contributed by atoms with Crippen LogP contribution in [0, 0.1) is 0 Å². The van der Waals surface area contributed by atoms with Crippen molar-refractivity contribution in [3.63, 3.8) is 0 Å². The number of imide groups is 1. The number of hydrogen-bond donors (Lipinski definition) is 2. The summed E-state index contributed by atoms with van der Waals surface area (Å²) in [5.41, 5.74) is 7.07. The van der Waals surface area contributed by atoms with Crippen LogP contribution >= 0.6 is 11.6 Å². The van der Waals surface area contributed by atoms with Gasteiger partial charge in [0.05, 0.1) is 16.8 Å². The van der Waals surface area contributed by atoms with Crippen molar-refractivity contribution in [1.82, 2.24) is 10.3 Å². The number of aromatic nitrogens is 1. The second kappa shape index (κ2) is 8.06. The lowest BCUT2D eigenvalue weighted by Gasteiger charge is -2.14. The number of rotatable bonds is 4. The predicted octanol–water partition coefficient (Wildman–Crippen LogP) is 3.30. The van der Waals surface area contributed by atoms with Crippen LogP contribution in [0.3, 0.4) is 0 Å². The molecule has 2 aromatic carbocycles. The van der Waals surface area contributed by atoms with Crippen LogP contribution in [-0.4, -0.2) is 29.0 Å². The third-order valence-electron chi connectivity index (χ3n) is 3.98. The molecule has 3 aromatic rings. The van der Waals surface area contributed by atoms with Crippen LogP contribution in [0.4, 0.5) is 4.79 Å². The number of urea groups is 1. The van der Waals surface area contributed by atoms with Gasteiger partial charge in [-0.2, -0.15) is 0 Å². The smallest absolute Gasteiger partial charge is 0.339 e. The quantitative estimate of drug-likeness (QED) is 0.656. The minimum atomic E-state index is -1.20. The van der Waals surface area contributed by atoms with Gasteiger partial charge in [0.25, 0.3) is 5.91 Å². The third kappa shape index (κ3) is 4.27. The van der Waals surface area contributed by atoms with E-state index in [4.69, 9.17) is 22.1 Å². The Hall–Kier alpha value is -3.45. The van der Waals surface area contributed by atoms with Crippen molar-refractivity contribution in [2.24, 2.45) is 5.73 Å². The van der Waals surface area contributed by atoms with Crippen LogP contribution in [0.1, 0.15) is 17.3 Å². The van der Waals surface area contributed by atoms with Crippen LogP contribution in [-0.2, 0) is 9.53 Å². The zero-order valence-electron chi connectivity index (χ0n) is 14.8. The van der Waals surface area contributed by atoms with Crippen molar-refractivity contribution in [2.75, 3.05) is 0 Å². The average Bonchev–Trinajstić information content (AvgIpc) is 2.67. The molecule has 0 radical (unpaired) electrons. The minimum Gasteiger partial charge on any atom is -0.449 e. The lowest BCUT2D eigenvalue weighted by molar-refractivity contribution is -0.127. The molecule has 3 rings (SSSR count). The fourth-order valence-corrected chi connectivity index (χ4v) is 2.74. The number of hydrogen-bond acceptors (Lipinski definition) is 5. The van der Waals surface area contributed by atoms with Crippen LogP contribution in [0.15, 0.2) is 54.6 Å². The molecule has 0 saturated carbocycles. The summed E-state index contributed by atoms with van der Waals surface area (Å²) in [7, 11) is 0. The summed E-state index contributed by atoms with van der Waals surface area (Å²) in [6, 6.07) is 14.7. The highest BCUT2D eigenvalue weighted by atomic mass is 35.5. The summed E-state index contributed by atoms with van der Waals surface area (Å²) >= 11 is 5.93. The fourth-order valence-electron chi connectivity index (χ4n) is 2.61. The van der Waals surface area contributed by atoms with Crippen molar-refractivity contribution in [2.45, 2.75) is 13.0 Å². The average molecular weight is 398 g/mol. The maximum absolute atomic E-state index is 12.7. The summed E-state index contributed by atoms with van der Waals surface area (Å²) in [6.07, 6.45) is -1.20. The van der Waals surface area contributed by atoms with Gasteiger partial charge in [-0.3, -0.25) is 10.1 Å².